The van der Waals surface area contributed by atoms with Crippen LogP contribution in [-0.2, 0) is 0 Å². The molecule has 1 aliphatic rings. The standard InChI is InChI=1S/C15H24N4/c1-11-6-7-13(15(16)17)14(9-11)19-8-4-5-12(10-19)18(2)3/h6-7,9,12H,4-5,8,10H2,1-3H3,(H3,16,17). The molecular weight excluding hydrogens is 236 g/mol. The van der Waals surface area contributed by atoms with E-state index in [4.69, 9.17) is 11.1 Å². The van der Waals surface area contributed by atoms with Crippen molar-refractivity contribution in [3.8, 4) is 0 Å². The molecule has 0 aliphatic carbocycles. The Bertz CT molecular complexity index is 467. The number of nitrogens with two attached hydrogens (primary N) is 1. The van der Waals surface area contributed by atoms with Gasteiger partial charge in [-0.3, -0.25) is 5.41 Å². The molecule has 1 unspecified atom stereocenters. The Kier molecular flexibility index (Phi) is 4.10. The maximum atomic E-state index is 7.74. The normalized spacial score (nSPS) is 19.8. The predicted molar refractivity (Wildman–Crippen MR) is 81.1 cm³/mol. The second kappa shape index (κ2) is 5.61. The Hall–Kier alpha value is -1.55. The summed E-state index contributed by atoms with van der Waals surface area (Å²) in [5, 5.41) is 7.74. The van der Waals surface area contributed by atoms with Crippen molar-refractivity contribution in [3.63, 3.8) is 0 Å². The summed E-state index contributed by atoms with van der Waals surface area (Å²) in [6.07, 6.45) is 2.43. The molecule has 3 N–H and O–H groups in total. The van der Waals surface area contributed by atoms with Crippen molar-refractivity contribution < 1.29 is 0 Å². The molecule has 1 aromatic carbocycles. The molecule has 1 atom stereocenters. The molecule has 0 spiro atoms. The number of hydrogen-bond donors (Lipinski definition) is 2. The zero-order chi connectivity index (χ0) is 14.0. The van der Waals surface area contributed by atoms with Crippen molar-refractivity contribution in [2.75, 3.05) is 32.1 Å². The Morgan fingerprint density at radius 3 is 2.79 bits per heavy atom. The highest BCUT2D eigenvalue weighted by molar-refractivity contribution is 6.00. The maximum Gasteiger partial charge on any atom is 0.124 e. The van der Waals surface area contributed by atoms with Crippen molar-refractivity contribution in [1.82, 2.24) is 4.90 Å². The Morgan fingerprint density at radius 2 is 2.16 bits per heavy atom. The van der Waals surface area contributed by atoms with E-state index in [1.54, 1.807) is 0 Å². The van der Waals surface area contributed by atoms with E-state index in [2.05, 4.69) is 36.9 Å². The van der Waals surface area contributed by atoms with E-state index in [0.29, 0.717) is 6.04 Å². The molecule has 4 heteroatoms. The van der Waals surface area contributed by atoms with Gasteiger partial charge in [0.1, 0.15) is 5.84 Å². The molecule has 1 aromatic rings. The van der Waals surface area contributed by atoms with Crippen LogP contribution in [-0.4, -0.2) is 44.0 Å². The third kappa shape index (κ3) is 3.07. The Morgan fingerprint density at radius 1 is 1.42 bits per heavy atom. The fourth-order valence-corrected chi connectivity index (χ4v) is 2.73. The molecule has 4 nitrogen and oxygen atoms in total. The second-order valence-corrected chi connectivity index (χ2v) is 5.64. The number of amidine groups is 1. The highest BCUT2D eigenvalue weighted by Gasteiger charge is 2.23. The van der Waals surface area contributed by atoms with Gasteiger partial charge >= 0.3 is 0 Å². The third-order valence-corrected chi connectivity index (χ3v) is 3.91. The average molecular weight is 260 g/mol. The van der Waals surface area contributed by atoms with E-state index >= 15 is 0 Å². The SMILES string of the molecule is Cc1ccc(C(=N)N)c(N2CCCC(N(C)C)C2)c1. The van der Waals surface area contributed by atoms with Crippen LogP contribution in [0.5, 0.6) is 0 Å². The van der Waals surface area contributed by atoms with Crippen LogP contribution < -0.4 is 10.6 Å². The lowest BCUT2D eigenvalue weighted by Gasteiger charge is -2.38. The van der Waals surface area contributed by atoms with E-state index in [0.717, 1.165) is 24.3 Å². The van der Waals surface area contributed by atoms with Crippen LogP contribution in [0.3, 0.4) is 0 Å². The Labute approximate surface area is 115 Å². The van der Waals surface area contributed by atoms with Gasteiger partial charge in [0.15, 0.2) is 0 Å². The minimum atomic E-state index is 0.155. The highest BCUT2D eigenvalue weighted by atomic mass is 15.2. The van der Waals surface area contributed by atoms with Gasteiger partial charge in [0.25, 0.3) is 0 Å². The summed E-state index contributed by atoms with van der Waals surface area (Å²) in [6, 6.07) is 6.71. The number of aryl methyl sites for hydroxylation is 1. The maximum absolute atomic E-state index is 7.74. The first-order valence-corrected chi connectivity index (χ1v) is 6.85. The van der Waals surface area contributed by atoms with Crippen LogP contribution in [0, 0.1) is 12.3 Å². The molecule has 0 bridgehead atoms. The molecule has 104 valence electrons. The monoisotopic (exact) mass is 260 g/mol. The minimum Gasteiger partial charge on any atom is -0.384 e. The van der Waals surface area contributed by atoms with Crippen LogP contribution >= 0.6 is 0 Å². The first kappa shape index (κ1) is 13.9. The molecule has 1 fully saturated rings. The topological polar surface area (TPSA) is 56.4 Å². The van der Waals surface area contributed by atoms with Crippen LogP contribution in [0.2, 0.25) is 0 Å². The van der Waals surface area contributed by atoms with Gasteiger partial charge in [-0.25, -0.2) is 0 Å². The summed E-state index contributed by atoms with van der Waals surface area (Å²) in [6.45, 7) is 4.14. The van der Waals surface area contributed by atoms with Gasteiger partial charge in [-0.15, -0.1) is 0 Å². The number of piperidine rings is 1. The van der Waals surface area contributed by atoms with E-state index in [1.165, 1.54) is 18.4 Å². The predicted octanol–water partition coefficient (Wildman–Crippen LogP) is 1.81. The van der Waals surface area contributed by atoms with Gasteiger partial charge < -0.3 is 15.5 Å². The molecular formula is C15H24N4. The number of nitrogen functional groups attached to an aromatic ring is 1. The highest BCUT2D eigenvalue weighted by Crippen LogP contribution is 2.26. The number of nitrogens with zero attached hydrogens (tertiary/aromatic N) is 2. The Balaban J connectivity index is 2.30. The van der Waals surface area contributed by atoms with Crippen LogP contribution in [0.4, 0.5) is 5.69 Å². The molecule has 0 amide bonds. The van der Waals surface area contributed by atoms with Gasteiger partial charge in [-0.1, -0.05) is 6.07 Å². The molecule has 1 heterocycles. The quantitative estimate of drug-likeness (QED) is 0.644. The van der Waals surface area contributed by atoms with Gasteiger partial charge in [0, 0.05) is 30.4 Å². The number of anilines is 1. The number of nitrogens with one attached hydrogen (secondary N) is 1. The molecule has 0 aromatic heterocycles. The lowest BCUT2D eigenvalue weighted by molar-refractivity contribution is 0.258. The van der Waals surface area contributed by atoms with E-state index in [9.17, 15) is 0 Å². The fourth-order valence-electron chi connectivity index (χ4n) is 2.73. The van der Waals surface area contributed by atoms with Gasteiger partial charge in [0.05, 0.1) is 0 Å². The molecule has 0 radical (unpaired) electrons. The van der Waals surface area contributed by atoms with Crippen molar-refractivity contribution in [2.24, 2.45) is 5.73 Å². The van der Waals surface area contributed by atoms with Crippen molar-refractivity contribution in [2.45, 2.75) is 25.8 Å². The molecule has 2 rings (SSSR count). The number of hydrogen-bond acceptors (Lipinski definition) is 3. The van der Waals surface area contributed by atoms with Crippen molar-refractivity contribution in [1.29, 1.82) is 5.41 Å². The number of benzene rings is 1. The molecule has 0 saturated carbocycles. The summed E-state index contributed by atoms with van der Waals surface area (Å²) in [7, 11) is 4.27. The zero-order valence-corrected chi connectivity index (χ0v) is 12.1. The minimum absolute atomic E-state index is 0.155. The largest absolute Gasteiger partial charge is 0.384 e. The summed E-state index contributed by atoms with van der Waals surface area (Å²) in [5.74, 6) is 0.155. The number of rotatable bonds is 3. The van der Waals surface area contributed by atoms with Crippen LogP contribution in [0.15, 0.2) is 18.2 Å². The summed E-state index contributed by atoms with van der Waals surface area (Å²) >= 11 is 0. The average Bonchev–Trinajstić information content (AvgIpc) is 2.38. The van der Waals surface area contributed by atoms with Crippen molar-refractivity contribution >= 4 is 11.5 Å². The lowest BCUT2D eigenvalue weighted by atomic mass is 10.0. The first-order valence-electron chi connectivity index (χ1n) is 6.85. The lowest BCUT2D eigenvalue weighted by Crippen LogP contribution is -2.45. The van der Waals surface area contributed by atoms with Crippen molar-refractivity contribution in [3.05, 3.63) is 29.3 Å². The summed E-state index contributed by atoms with van der Waals surface area (Å²) in [4.78, 5) is 4.66. The van der Waals surface area contributed by atoms with Gasteiger partial charge in [-0.2, -0.15) is 0 Å². The van der Waals surface area contributed by atoms with E-state index in [-0.39, 0.29) is 5.84 Å². The smallest absolute Gasteiger partial charge is 0.124 e. The van der Waals surface area contributed by atoms with Crippen LogP contribution in [0.25, 0.3) is 0 Å². The zero-order valence-electron chi connectivity index (χ0n) is 12.1. The molecule has 19 heavy (non-hydrogen) atoms. The third-order valence-electron chi connectivity index (χ3n) is 3.91. The van der Waals surface area contributed by atoms with Gasteiger partial charge in [0.2, 0.25) is 0 Å². The van der Waals surface area contributed by atoms with E-state index in [1.807, 2.05) is 12.1 Å². The summed E-state index contributed by atoms with van der Waals surface area (Å²) in [5.41, 5.74) is 8.89. The number of likely N-dealkylation sites (N-methyl/N-ethyl adjacent to an activating group) is 1. The first-order chi connectivity index (χ1) is 8.99. The second-order valence-electron chi connectivity index (χ2n) is 5.64. The van der Waals surface area contributed by atoms with Gasteiger partial charge in [-0.05, 0) is 51.6 Å². The molecule has 1 saturated heterocycles. The summed E-state index contributed by atoms with van der Waals surface area (Å²) < 4.78 is 0. The molecule has 1 aliphatic heterocycles. The van der Waals surface area contributed by atoms with Crippen LogP contribution in [0.1, 0.15) is 24.0 Å². The fraction of sp³-hybridized carbons (Fsp3) is 0.533. The van der Waals surface area contributed by atoms with E-state index < -0.39 is 0 Å².